The molecule has 1 saturated heterocycles. The maximum atomic E-state index is 13.3. The van der Waals surface area contributed by atoms with Crippen LogP contribution in [0.5, 0.6) is 5.75 Å². The lowest BCUT2D eigenvalue weighted by atomic mass is 9.95. The smallest absolute Gasteiger partial charge is 0.300 e. The van der Waals surface area contributed by atoms with E-state index >= 15 is 0 Å². The molecular formula is C25H20Cl2N2O4. The van der Waals surface area contributed by atoms with Gasteiger partial charge in [-0.15, -0.1) is 0 Å². The Labute approximate surface area is 201 Å². The molecule has 1 aliphatic heterocycles. The summed E-state index contributed by atoms with van der Waals surface area (Å²) in [6, 6.07) is 10.9. The van der Waals surface area contributed by atoms with Gasteiger partial charge in [-0.1, -0.05) is 29.3 Å². The van der Waals surface area contributed by atoms with Crippen molar-refractivity contribution in [3.63, 3.8) is 0 Å². The molecule has 1 fully saturated rings. The average molecular weight is 483 g/mol. The molecule has 6 nitrogen and oxygen atoms in total. The lowest BCUT2D eigenvalue weighted by Gasteiger charge is -2.26. The van der Waals surface area contributed by atoms with Gasteiger partial charge in [0, 0.05) is 23.1 Å². The summed E-state index contributed by atoms with van der Waals surface area (Å²) in [5.41, 5.74) is 2.76. The summed E-state index contributed by atoms with van der Waals surface area (Å²) in [7, 11) is 1.42. The molecule has 0 saturated carbocycles. The van der Waals surface area contributed by atoms with Crippen LogP contribution in [0.3, 0.4) is 0 Å². The first-order valence-corrected chi connectivity index (χ1v) is 10.8. The second-order valence-corrected chi connectivity index (χ2v) is 8.53. The zero-order valence-electron chi connectivity index (χ0n) is 18.1. The number of aromatic nitrogens is 1. The van der Waals surface area contributed by atoms with E-state index in [1.807, 2.05) is 6.92 Å². The summed E-state index contributed by atoms with van der Waals surface area (Å²) in [5, 5.41) is 12.1. The minimum absolute atomic E-state index is 0.0807. The van der Waals surface area contributed by atoms with Crippen LogP contribution in [0.25, 0.3) is 5.76 Å². The number of benzene rings is 2. The van der Waals surface area contributed by atoms with Crippen LogP contribution in [-0.2, 0) is 9.59 Å². The average Bonchev–Trinajstić information content (AvgIpc) is 3.06. The van der Waals surface area contributed by atoms with Crippen LogP contribution in [0.1, 0.15) is 28.3 Å². The predicted molar refractivity (Wildman–Crippen MR) is 128 cm³/mol. The standard InChI is InChI=1S/C25H20Cl2N2O4/c1-13-10-17(24(33-3)19(27)11-13)22(30)20-21(15-6-8-28-9-7-15)29(25(32)23(20)31)16-5-4-14(2)18(26)12-16/h4-12,21,30H,1-3H3/b22-20+. The Kier molecular flexibility index (Phi) is 6.15. The van der Waals surface area contributed by atoms with Gasteiger partial charge < -0.3 is 9.84 Å². The van der Waals surface area contributed by atoms with Crippen molar-refractivity contribution in [2.75, 3.05) is 12.0 Å². The van der Waals surface area contributed by atoms with Crippen molar-refractivity contribution in [2.24, 2.45) is 0 Å². The predicted octanol–water partition coefficient (Wildman–Crippen LogP) is 5.64. The molecule has 0 bridgehead atoms. The van der Waals surface area contributed by atoms with Crippen LogP contribution in [0, 0.1) is 13.8 Å². The monoisotopic (exact) mass is 482 g/mol. The molecule has 1 aromatic heterocycles. The fourth-order valence-corrected chi connectivity index (χ4v) is 4.47. The van der Waals surface area contributed by atoms with Gasteiger partial charge in [-0.3, -0.25) is 19.5 Å². The molecule has 1 unspecified atom stereocenters. The lowest BCUT2D eigenvalue weighted by molar-refractivity contribution is -0.132. The maximum Gasteiger partial charge on any atom is 0.300 e. The van der Waals surface area contributed by atoms with Gasteiger partial charge in [0.1, 0.15) is 11.5 Å². The quantitative estimate of drug-likeness (QED) is 0.295. The fourth-order valence-electron chi connectivity index (χ4n) is 3.95. The molecule has 33 heavy (non-hydrogen) atoms. The number of halogens is 2. The number of carbonyl (C=O) groups excluding carboxylic acids is 2. The van der Waals surface area contributed by atoms with Gasteiger partial charge in [-0.2, -0.15) is 0 Å². The van der Waals surface area contributed by atoms with Gasteiger partial charge in [0.25, 0.3) is 11.7 Å². The molecule has 1 amide bonds. The minimum Gasteiger partial charge on any atom is -0.507 e. The largest absolute Gasteiger partial charge is 0.507 e. The number of ether oxygens (including phenoxy) is 1. The van der Waals surface area contributed by atoms with E-state index in [-0.39, 0.29) is 27.7 Å². The van der Waals surface area contributed by atoms with Gasteiger partial charge in [0.2, 0.25) is 0 Å². The number of aliphatic hydroxyl groups is 1. The first-order chi connectivity index (χ1) is 15.7. The number of methoxy groups -OCH3 is 1. The van der Waals surface area contributed by atoms with E-state index < -0.39 is 17.7 Å². The zero-order valence-corrected chi connectivity index (χ0v) is 19.6. The van der Waals surface area contributed by atoms with Crippen LogP contribution in [-0.4, -0.2) is 28.9 Å². The topological polar surface area (TPSA) is 79.7 Å². The van der Waals surface area contributed by atoms with Gasteiger partial charge in [0.05, 0.1) is 29.3 Å². The highest BCUT2D eigenvalue weighted by Crippen LogP contribution is 2.44. The minimum atomic E-state index is -0.907. The number of hydrogen-bond donors (Lipinski definition) is 1. The number of amides is 1. The van der Waals surface area contributed by atoms with E-state index in [0.717, 1.165) is 11.1 Å². The fraction of sp³-hybridized carbons (Fsp3) is 0.160. The molecule has 1 N–H and O–H groups in total. The van der Waals surface area contributed by atoms with Crippen molar-refractivity contribution in [1.29, 1.82) is 0 Å². The Morgan fingerprint density at radius 2 is 1.73 bits per heavy atom. The number of rotatable bonds is 4. The summed E-state index contributed by atoms with van der Waals surface area (Å²) < 4.78 is 5.39. The van der Waals surface area contributed by atoms with Crippen molar-refractivity contribution >= 4 is 46.3 Å². The van der Waals surface area contributed by atoms with Gasteiger partial charge >= 0.3 is 0 Å². The molecule has 3 aromatic rings. The highest BCUT2D eigenvalue weighted by Gasteiger charge is 2.47. The van der Waals surface area contributed by atoms with Crippen molar-refractivity contribution in [1.82, 2.24) is 4.98 Å². The van der Waals surface area contributed by atoms with E-state index in [1.54, 1.807) is 61.8 Å². The molecule has 0 radical (unpaired) electrons. The normalized spacial score (nSPS) is 17.5. The van der Waals surface area contributed by atoms with Crippen molar-refractivity contribution in [2.45, 2.75) is 19.9 Å². The summed E-state index contributed by atoms with van der Waals surface area (Å²) in [4.78, 5) is 31.9. The van der Waals surface area contributed by atoms with Crippen molar-refractivity contribution < 1.29 is 19.4 Å². The van der Waals surface area contributed by atoms with Crippen molar-refractivity contribution in [3.8, 4) is 5.75 Å². The van der Waals surface area contributed by atoms with Gasteiger partial charge in [0.15, 0.2) is 0 Å². The van der Waals surface area contributed by atoms with Crippen LogP contribution in [0.2, 0.25) is 10.0 Å². The number of hydrogen-bond acceptors (Lipinski definition) is 5. The highest BCUT2D eigenvalue weighted by atomic mass is 35.5. The number of aliphatic hydroxyl groups excluding tert-OH is 1. The second-order valence-electron chi connectivity index (χ2n) is 7.71. The molecule has 4 rings (SSSR count). The number of nitrogens with zero attached hydrogens (tertiary/aromatic N) is 2. The third-order valence-electron chi connectivity index (χ3n) is 5.55. The third-order valence-corrected chi connectivity index (χ3v) is 6.23. The Bertz CT molecular complexity index is 1310. The van der Waals surface area contributed by atoms with Crippen LogP contribution in [0.15, 0.2) is 60.4 Å². The molecule has 1 atom stereocenters. The first kappa shape index (κ1) is 22.8. The molecule has 0 spiro atoms. The van der Waals surface area contributed by atoms with Crippen LogP contribution in [0.4, 0.5) is 5.69 Å². The number of pyridine rings is 1. The Hall–Kier alpha value is -3.35. The first-order valence-electron chi connectivity index (χ1n) is 10.1. The SMILES string of the molecule is COc1c(Cl)cc(C)cc1/C(O)=C1\C(=O)C(=O)N(c2ccc(C)c(Cl)c2)C1c1ccncc1. The zero-order chi connectivity index (χ0) is 23.9. The molecule has 2 aromatic carbocycles. The summed E-state index contributed by atoms with van der Waals surface area (Å²) >= 11 is 12.6. The summed E-state index contributed by atoms with van der Waals surface area (Å²) in [6.45, 7) is 3.64. The Morgan fingerprint density at radius 3 is 2.36 bits per heavy atom. The van der Waals surface area contributed by atoms with Crippen molar-refractivity contribution in [3.05, 3.63) is 92.7 Å². The van der Waals surface area contributed by atoms with Gasteiger partial charge in [-0.05, 0) is 66.9 Å². The number of ketones is 1. The summed E-state index contributed by atoms with van der Waals surface area (Å²) in [6.07, 6.45) is 3.11. The molecule has 2 heterocycles. The van der Waals surface area contributed by atoms with Crippen LogP contribution >= 0.6 is 23.2 Å². The number of Topliss-reactive ketones (excluding diaryl/α,β-unsaturated/α-hetero) is 1. The Balaban J connectivity index is 2.00. The van der Waals surface area contributed by atoms with E-state index in [4.69, 9.17) is 27.9 Å². The van der Waals surface area contributed by atoms with E-state index in [1.165, 1.54) is 12.0 Å². The van der Waals surface area contributed by atoms with Crippen LogP contribution < -0.4 is 9.64 Å². The molecule has 8 heteroatoms. The highest BCUT2D eigenvalue weighted by molar-refractivity contribution is 6.52. The molecule has 1 aliphatic rings. The number of carbonyl (C=O) groups is 2. The van der Waals surface area contributed by atoms with E-state index in [2.05, 4.69) is 4.98 Å². The Morgan fingerprint density at radius 1 is 1.03 bits per heavy atom. The summed E-state index contributed by atoms with van der Waals surface area (Å²) in [5.74, 6) is -1.78. The van der Waals surface area contributed by atoms with E-state index in [0.29, 0.717) is 16.3 Å². The molecular weight excluding hydrogens is 463 g/mol. The third kappa shape index (κ3) is 3.96. The van der Waals surface area contributed by atoms with E-state index in [9.17, 15) is 14.7 Å². The molecule has 168 valence electrons. The second kappa shape index (κ2) is 8.89. The van der Waals surface area contributed by atoms with Gasteiger partial charge in [-0.25, -0.2) is 0 Å². The number of aryl methyl sites for hydroxylation is 2. The number of anilines is 1. The lowest BCUT2D eigenvalue weighted by Crippen LogP contribution is -2.29. The maximum absolute atomic E-state index is 13.3. The molecule has 0 aliphatic carbocycles.